The highest BCUT2D eigenvalue weighted by Gasteiger charge is 2.31. The molecule has 10 nitrogen and oxygen atoms in total. The zero-order valence-corrected chi connectivity index (χ0v) is 28.2. The average molecular weight is 663 g/mol. The fraction of sp³-hybridized carbons (Fsp3) is 0.432. The molecule has 3 N–H and O–H groups in total. The lowest BCUT2D eigenvalue weighted by Gasteiger charge is -2.35. The minimum Gasteiger partial charge on any atom is -0.490 e. The Kier molecular flexibility index (Phi) is 13.3. The van der Waals surface area contributed by atoms with Crippen molar-refractivity contribution in [3.05, 3.63) is 89.7 Å². The van der Waals surface area contributed by atoms with Gasteiger partial charge < -0.3 is 35.0 Å². The fourth-order valence-electron chi connectivity index (χ4n) is 5.55. The lowest BCUT2D eigenvalue weighted by atomic mass is 10.0. The van der Waals surface area contributed by atoms with E-state index < -0.39 is 18.0 Å². The Morgan fingerprint density at radius 1 is 1.02 bits per heavy atom. The summed E-state index contributed by atoms with van der Waals surface area (Å²) in [5, 5.41) is 15.9. The maximum absolute atomic E-state index is 14.3. The van der Waals surface area contributed by atoms with Crippen molar-refractivity contribution in [2.45, 2.75) is 64.7 Å². The van der Waals surface area contributed by atoms with Gasteiger partial charge in [-0.2, -0.15) is 0 Å². The third kappa shape index (κ3) is 10.5. The van der Waals surface area contributed by atoms with Crippen LogP contribution in [0.4, 0.5) is 20.6 Å². The number of rotatable bonds is 8. The number of urea groups is 1. The first-order valence-corrected chi connectivity index (χ1v) is 16.5. The van der Waals surface area contributed by atoms with Crippen LogP contribution in [0, 0.1) is 11.7 Å². The highest BCUT2D eigenvalue weighted by molar-refractivity contribution is 6.00. The van der Waals surface area contributed by atoms with Gasteiger partial charge in [0.05, 0.1) is 36.8 Å². The van der Waals surface area contributed by atoms with E-state index >= 15 is 0 Å². The van der Waals surface area contributed by atoms with E-state index in [0.717, 1.165) is 24.8 Å². The Morgan fingerprint density at radius 3 is 2.44 bits per heavy atom. The summed E-state index contributed by atoms with van der Waals surface area (Å²) in [6.45, 7) is 6.30. The summed E-state index contributed by atoms with van der Waals surface area (Å²) >= 11 is 0. The van der Waals surface area contributed by atoms with E-state index in [1.54, 1.807) is 37.1 Å². The molecule has 11 heteroatoms. The highest BCUT2D eigenvalue weighted by Crippen LogP contribution is 2.29. The smallest absolute Gasteiger partial charge is 0.321 e. The molecule has 0 unspecified atom stereocenters. The highest BCUT2D eigenvalue weighted by atomic mass is 19.1. The Balaban J connectivity index is 1.57. The van der Waals surface area contributed by atoms with Gasteiger partial charge in [-0.15, -0.1) is 0 Å². The van der Waals surface area contributed by atoms with Crippen LogP contribution in [-0.4, -0.2) is 84.4 Å². The Labute approximate surface area is 282 Å². The van der Waals surface area contributed by atoms with Crippen molar-refractivity contribution in [3.63, 3.8) is 0 Å². The van der Waals surface area contributed by atoms with Crippen molar-refractivity contribution in [3.8, 4) is 5.75 Å². The molecule has 48 heavy (non-hydrogen) atoms. The van der Waals surface area contributed by atoms with E-state index in [1.807, 2.05) is 44.2 Å². The van der Waals surface area contributed by atoms with Crippen LogP contribution >= 0.6 is 0 Å². The summed E-state index contributed by atoms with van der Waals surface area (Å²) in [6, 6.07) is 19.1. The molecule has 1 aliphatic rings. The molecule has 4 amide bonds. The number of nitrogens with zero attached hydrogens (tertiary/aromatic N) is 2. The van der Waals surface area contributed by atoms with E-state index in [4.69, 9.17) is 9.47 Å². The Morgan fingerprint density at radius 2 is 1.73 bits per heavy atom. The second kappa shape index (κ2) is 17.6. The van der Waals surface area contributed by atoms with Gasteiger partial charge in [0.1, 0.15) is 11.6 Å². The first-order chi connectivity index (χ1) is 23.0. The van der Waals surface area contributed by atoms with E-state index in [9.17, 15) is 23.9 Å². The van der Waals surface area contributed by atoms with E-state index in [2.05, 4.69) is 10.6 Å². The molecular formula is C37H47FN4O6. The predicted molar refractivity (Wildman–Crippen MR) is 184 cm³/mol. The monoisotopic (exact) mass is 662 g/mol. The molecule has 4 atom stereocenters. The average Bonchev–Trinajstić information content (AvgIpc) is 3.07. The number of carbonyl (C=O) groups excluding carboxylic acids is 3. The number of carbonyl (C=O) groups is 3. The second-order valence-corrected chi connectivity index (χ2v) is 12.5. The van der Waals surface area contributed by atoms with Crippen LogP contribution in [0.25, 0.3) is 0 Å². The van der Waals surface area contributed by atoms with Crippen molar-refractivity contribution >= 4 is 29.2 Å². The molecule has 1 aliphatic heterocycles. The number of aliphatic hydroxyl groups excluding tert-OH is 1. The summed E-state index contributed by atoms with van der Waals surface area (Å²) in [4.78, 5) is 43.3. The predicted octanol–water partition coefficient (Wildman–Crippen LogP) is 5.97. The van der Waals surface area contributed by atoms with E-state index in [-0.39, 0.29) is 61.5 Å². The molecule has 0 fully saturated rings. The van der Waals surface area contributed by atoms with Crippen LogP contribution in [0.15, 0.2) is 72.8 Å². The summed E-state index contributed by atoms with van der Waals surface area (Å²) in [5.74, 6) is -0.817. The quantitative estimate of drug-likeness (QED) is 0.274. The molecule has 4 rings (SSSR count). The third-order valence-corrected chi connectivity index (χ3v) is 8.44. The molecule has 3 aromatic rings. The zero-order chi connectivity index (χ0) is 34.6. The van der Waals surface area contributed by atoms with Crippen molar-refractivity contribution in [2.24, 2.45) is 5.92 Å². The summed E-state index contributed by atoms with van der Waals surface area (Å²) in [5.41, 5.74) is 2.07. The van der Waals surface area contributed by atoms with Crippen molar-refractivity contribution in [1.29, 1.82) is 0 Å². The number of likely N-dealkylation sites (N-methyl/N-ethyl adjacent to an activating group) is 1. The van der Waals surface area contributed by atoms with Crippen molar-refractivity contribution in [2.75, 3.05) is 44.0 Å². The minimum absolute atomic E-state index is 0.183. The maximum Gasteiger partial charge on any atom is 0.321 e. The molecule has 0 aliphatic carbocycles. The van der Waals surface area contributed by atoms with Gasteiger partial charge in [-0.1, -0.05) is 37.3 Å². The summed E-state index contributed by atoms with van der Waals surface area (Å²) in [6.07, 6.45) is 1.88. The minimum atomic E-state index is -0.547. The van der Waals surface area contributed by atoms with Crippen LogP contribution in [0.1, 0.15) is 56.0 Å². The van der Waals surface area contributed by atoms with Gasteiger partial charge >= 0.3 is 6.03 Å². The van der Waals surface area contributed by atoms with Gasteiger partial charge in [-0.05, 0) is 81.1 Å². The molecule has 1 heterocycles. The number of anilines is 2. The first kappa shape index (κ1) is 36.4. The molecule has 0 saturated heterocycles. The van der Waals surface area contributed by atoms with Gasteiger partial charge in [0.15, 0.2) is 0 Å². The van der Waals surface area contributed by atoms with Gasteiger partial charge in [0, 0.05) is 44.0 Å². The van der Waals surface area contributed by atoms with Crippen LogP contribution in [0.5, 0.6) is 5.75 Å². The number of hydrogen-bond acceptors (Lipinski definition) is 6. The fourth-order valence-corrected chi connectivity index (χ4v) is 5.55. The molecule has 0 saturated carbocycles. The number of benzene rings is 3. The largest absolute Gasteiger partial charge is 0.490 e. The third-order valence-electron chi connectivity index (χ3n) is 8.44. The van der Waals surface area contributed by atoms with Gasteiger partial charge in [0.25, 0.3) is 5.91 Å². The Bertz CT molecular complexity index is 1510. The number of fused-ring (bicyclic) bond motifs is 1. The Hall–Kier alpha value is -4.48. The molecule has 3 aromatic carbocycles. The molecule has 0 aromatic heterocycles. The lowest BCUT2D eigenvalue weighted by molar-refractivity contribution is -0.115. The number of amides is 4. The first-order valence-electron chi connectivity index (χ1n) is 16.5. The van der Waals surface area contributed by atoms with Crippen LogP contribution in [0.2, 0.25) is 0 Å². The molecule has 0 spiro atoms. The maximum atomic E-state index is 14.3. The number of aliphatic hydroxyl groups is 1. The zero-order valence-electron chi connectivity index (χ0n) is 28.2. The molecule has 0 bridgehead atoms. The SMILES string of the molecule is C[C@@H]1CCCCO[C@@H](CN(C)C(=O)Nc2ccc(F)cc2)[C@@H](C)CN([C@@H](C)CO)C(=O)c2cc(NC(=O)Cc3ccccc3)ccc2O1. The lowest BCUT2D eigenvalue weighted by Crippen LogP contribution is -2.48. The van der Waals surface area contributed by atoms with Crippen LogP contribution < -0.4 is 15.4 Å². The number of ether oxygens (including phenoxy) is 2. The van der Waals surface area contributed by atoms with E-state index in [1.165, 1.54) is 29.2 Å². The topological polar surface area (TPSA) is 120 Å². The van der Waals surface area contributed by atoms with Crippen LogP contribution in [0.3, 0.4) is 0 Å². The number of hydrogen-bond donors (Lipinski definition) is 3. The van der Waals surface area contributed by atoms with Crippen molar-refractivity contribution in [1.82, 2.24) is 9.80 Å². The van der Waals surface area contributed by atoms with E-state index in [0.29, 0.717) is 23.7 Å². The molecule has 258 valence electrons. The van der Waals surface area contributed by atoms with Gasteiger partial charge in [0.2, 0.25) is 5.91 Å². The van der Waals surface area contributed by atoms with Gasteiger partial charge in [-0.25, -0.2) is 9.18 Å². The van der Waals surface area contributed by atoms with Gasteiger partial charge in [-0.3, -0.25) is 9.59 Å². The summed E-state index contributed by atoms with van der Waals surface area (Å²) < 4.78 is 26.0. The molecular weight excluding hydrogens is 615 g/mol. The normalized spacial score (nSPS) is 19.7. The number of nitrogens with one attached hydrogen (secondary N) is 2. The summed E-state index contributed by atoms with van der Waals surface area (Å²) in [7, 11) is 1.66. The second-order valence-electron chi connectivity index (χ2n) is 12.5. The van der Waals surface area contributed by atoms with Crippen molar-refractivity contribution < 1.29 is 33.4 Å². The van der Waals surface area contributed by atoms with Crippen LogP contribution in [-0.2, 0) is 16.0 Å². The number of halogens is 1. The molecule has 0 radical (unpaired) electrons. The standard InChI is InChI=1S/C37H47FN4O6/c1-25-22-42(26(2)24-43)36(45)32-21-31(39-35(44)20-28-11-6-5-7-12-28)17-18-33(32)48-27(3)10-8-9-19-47-34(25)23-41(4)37(46)40-30-15-13-29(38)14-16-30/h5-7,11-18,21,25-27,34,43H,8-10,19-20,22-24H2,1-4H3,(H,39,44)(H,40,46)/t25-,26-,27+,34-/m0/s1.